The van der Waals surface area contributed by atoms with Gasteiger partial charge in [-0.3, -0.25) is 4.98 Å². The summed E-state index contributed by atoms with van der Waals surface area (Å²) >= 11 is 6.15. The van der Waals surface area contributed by atoms with Crippen LogP contribution in [0.25, 0.3) is 10.9 Å². The number of pyridine rings is 1. The second kappa shape index (κ2) is 4.82. The summed E-state index contributed by atoms with van der Waals surface area (Å²) in [6.07, 6.45) is 1.27. The molecule has 1 aromatic heterocycles. The first-order valence-electron chi connectivity index (χ1n) is 5.80. The Morgan fingerprint density at radius 1 is 1.39 bits per heavy atom. The van der Waals surface area contributed by atoms with E-state index < -0.39 is 6.29 Å². The number of halogens is 1. The lowest BCUT2D eigenvalue weighted by atomic mass is 10.1. The normalized spacial score (nSPS) is 23.7. The summed E-state index contributed by atoms with van der Waals surface area (Å²) in [5, 5.41) is 1.58. The van der Waals surface area contributed by atoms with Gasteiger partial charge in [-0.15, -0.1) is 0 Å². The minimum Gasteiger partial charge on any atom is -0.346 e. The Bertz CT molecular complexity index is 576. The van der Waals surface area contributed by atoms with Crippen LogP contribution in [-0.2, 0) is 9.47 Å². The number of nitrogens with zero attached hydrogens (tertiary/aromatic N) is 1. The third-order valence-corrected chi connectivity index (χ3v) is 3.34. The number of hydrogen-bond acceptors (Lipinski definition) is 4. The molecule has 5 heteroatoms. The molecular formula is C13H13ClN2O2. The van der Waals surface area contributed by atoms with Crippen molar-refractivity contribution in [2.75, 3.05) is 13.2 Å². The van der Waals surface area contributed by atoms with Crippen LogP contribution in [0.15, 0.2) is 30.5 Å². The van der Waals surface area contributed by atoms with Gasteiger partial charge in [-0.25, -0.2) is 0 Å². The minimum absolute atomic E-state index is 0.0514. The molecule has 3 rings (SSSR count). The van der Waals surface area contributed by atoms with Crippen LogP contribution in [0.2, 0.25) is 5.02 Å². The topological polar surface area (TPSA) is 57.4 Å². The van der Waals surface area contributed by atoms with E-state index in [1.807, 2.05) is 24.3 Å². The quantitative estimate of drug-likeness (QED) is 0.904. The van der Waals surface area contributed by atoms with Crippen LogP contribution < -0.4 is 5.73 Å². The maximum Gasteiger partial charge on any atom is 0.186 e. The zero-order valence-corrected chi connectivity index (χ0v) is 10.4. The highest BCUT2D eigenvalue weighted by Gasteiger charge is 2.28. The molecule has 0 saturated carbocycles. The van der Waals surface area contributed by atoms with Crippen molar-refractivity contribution in [2.24, 2.45) is 5.73 Å². The fraction of sp³-hybridized carbons (Fsp3) is 0.308. The molecule has 2 heterocycles. The van der Waals surface area contributed by atoms with Crippen molar-refractivity contribution in [3.05, 3.63) is 41.0 Å². The number of ether oxygens (including phenoxy) is 2. The summed E-state index contributed by atoms with van der Waals surface area (Å²) in [4.78, 5) is 4.36. The first-order chi connectivity index (χ1) is 8.79. The molecule has 2 unspecified atom stereocenters. The average Bonchev–Trinajstić information content (AvgIpc) is 2.88. The highest BCUT2D eigenvalue weighted by Crippen LogP contribution is 2.33. The van der Waals surface area contributed by atoms with E-state index in [4.69, 9.17) is 26.8 Å². The van der Waals surface area contributed by atoms with Gasteiger partial charge in [0, 0.05) is 28.7 Å². The summed E-state index contributed by atoms with van der Waals surface area (Å²) in [5.41, 5.74) is 7.28. The Hall–Kier alpha value is -1.20. The van der Waals surface area contributed by atoms with Gasteiger partial charge in [-0.2, -0.15) is 0 Å². The molecule has 2 atom stereocenters. The number of nitrogens with two attached hydrogens (primary N) is 1. The average molecular weight is 265 g/mol. The Morgan fingerprint density at radius 2 is 2.28 bits per heavy atom. The van der Waals surface area contributed by atoms with E-state index in [0.29, 0.717) is 18.2 Å². The largest absolute Gasteiger partial charge is 0.346 e. The lowest BCUT2D eigenvalue weighted by molar-refractivity contribution is -0.0576. The molecular weight excluding hydrogens is 252 g/mol. The molecule has 0 spiro atoms. The van der Waals surface area contributed by atoms with Gasteiger partial charge in [-0.1, -0.05) is 17.7 Å². The van der Waals surface area contributed by atoms with Crippen molar-refractivity contribution in [1.29, 1.82) is 0 Å². The van der Waals surface area contributed by atoms with Crippen LogP contribution in [0, 0.1) is 0 Å². The smallest absolute Gasteiger partial charge is 0.186 e. The van der Waals surface area contributed by atoms with Crippen LogP contribution in [-0.4, -0.2) is 24.2 Å². The fourth-order valence-electron chi connectivity index (χ4n) is 2.08. The molecule has 18 heavy (non-hydrogen) atoms. The van der Waals surface area contributed by atoms with Gasteiger partial charge in [0.1, 0.15) is 0 Å². The van der Waals surface area contributed by atoms with Gasteiger partial charge in [0.2, 0.25) is 0 Å². The van der Waals surface area contributed by atoms with E-state index in [1.165, 1.54) is 0 Å². The van der Waals surface area contributed by atoms with Crippen LogP contribution in [0.3, 0.4) is 0 Å². The number of rotatable bonds is 2. The second-order valence-corrected chi connectivity index (χ2v) is 4.60. The van der Waals surface area contributed by atoms with Crippen molar-refractivity contribution in [2.45, 2.75) is 12.4 Å². The maximum absolute atomic E-state index is 6.15. The summed E-state index contributed by atoms with van der Waals surface area (Å²) in [5.74, 6) is 0. The third-order valence-electron chi connectivity index (χ3n) is 3.01. The number of benzene rings is 1. The van der Waals surface area contributed by atoms with Crippen molar-refractivity contribution >= 4 is 22.5 Å². The molecule has 0 bridgehead atoms. The molecule has 2 aromatic rings. The van der Waals surface area contributed by atoms with Crippen molar-refractivity contribution in [3.8, 4) is 0 Å². The molecule has 2 N–H and O–H groups in total. The molecule has 1 saturated heterocycles. The standard InChI is InChI=1S/C13H13ClN2O2/c14-11-4-3-10(12-9(11)2-1-5-16-12)13-17-7-8(6-15)18-13/h1-5,8,13H,6-7,15H2. The van der Waals surface area contributed by atoms with E-state index in [-0.39, 0.29) is 6.10 Å². The van der Waals surface area contributed by atoms with E-state index in [9.17, 15) is 0 Å². The Balaban J connectivity index is 2.05. The number of aromatic nitrogens is 1. The van der Waals surface area contributed by atoms with Gasteiger partial charge in [0.05, 0.1) is 18.2 Å². The van der Waals surface area contributed by atoms with Crippen LogP contribution in [0.5, 0.6) is 0 Å². The SMILES string of the molecule is NCC1COC(c2ccc(Cl)c3cccnc23)O1. The maximum atomic E-state index is 6.15. The summed E-state index contributed by atoms with van der Waals surface area (Å²) in [6, 6.07) is 7.52. The molecule has 1 fully saturated rings. The fourth-order valence-corrected chi connectivity index (χ4v) is 2.30. The molecule has 1 aromatic carbocycles. The lowest BCUT2D eigenvalue weighted by Crippen LogP contribution is -2.21. The second-order valence-electron chi connectivity index (χ2n) is 4.20. The molecule has 4 nitrogen and oxygen atoms in total. The molecule has 94 valence electrons. The van der Waals surface area contributed by atoms with Gasteiger partial charge < -0.3 is 15.2 Å². The molecule has 0 amide bonds. The summed E-state index contributed by atoms with van der Waals surface area (Å²) in [7, 11) is 0. The van der Waals surface area contributed by atoms with Crippen molar-refractivity contribution in [1.82, 2.24) is 4.98 Å². The monoisotopic (exact) mass is 264 g/mol. The zero-order chi connectivity index (χ0) is 12.5. The molecule has 0 aliphatic carbocycles. The van der Waals surface area contributed by atoms with E-state index in [1.54, 1.807) is 6.20 Å². The number of hydrogen-bond donors (Lipinski definition) is 1. The Morgan fingerprint density at radius 3 is 3.06 bits per heavy atom. The van der Waals surface area contributed by atoms with Crippen LogP contribution >= 0.6 is 11.6 Å². The third kappa shape index (κ3) is 1.97. The first-order valence-corrected chi connectivity index (χ1v) is 6.17. The van der Waals surface area contributed by atoms with Gasteiger partial charge in [-0.05, 0) is 18.2 Å². The van der Waals surface area contributed by atoms with Gasteiger partial charge >= 0.3 is 0 Å². The van der Waals surface area contributed by atoms with Gasteiger partial charge in [0.15, 0.2) is 6.29 Å². The molecule has 1 aliphatic heterocycles. The molecule has 1 aliphatic rings. The highest BCUT2D eigenvalue weighted by molar-refractivity contribution is 6.35. The van der Waals surface area contributed by atoms with E-state index >= 15 is 0 Å². The number of fused-ring (bicyclic) bond motifs is 1. The Kier molecular flexibility index (Phi) is 3.18. The lowest BCUT2D eigenvalue weighted by Gasteiger charge is -2.13. The van der Waals surface area contributed by atoms with Crippen LogP contribution in [0.4, 0.5) is 0 Å². The minimum atomic E-state index is -0.409. The van der Waals surface area contributed by atoms with Gasteiger partial charge in [0.25, 0.3) is 0 Å². The summed E-state index contributed by atoms with van der Waals surface area (Å²) in [6.45, 7) is 0.966. The highest BCUT2D eigenvalue weighted by atomic mass is 35.5. The van der Waals surface area contributed by atoms with Crippen molar-refractivity contribution < 1.29 is 9.47 Å². The Labute approximate surface area is 110 Å². The van der Waals surface area contributed by atoms with Crippen LogP contribution in [0.1, 0.15) is 11.9 Å². The first kappa shape index (κ1) is 11.9. The van der Waals surface area contributed by atoms with E-state index in [0.717, 1.165) is 16.5 Å². The predicted octanol–water partition coefficient (Wildman–Crippen LogP) is 2.26. The zero-order valence-electron chi connectivity index (χ0n) is 9.67. The van der Waals surface area contributed by atoms with Crippen molar-refractivity contribution in [3.63, 3.8) is 0 Å². The molecule has 0 radical (unpaired) electrons. The summed E-state index contributed by atoms with van der Waals surface area (Å²) < 4.78 is 11.3. The predicted molar refractivity (Wildman–Crippen MR) is 69.4 cm³/mol. The van der Waals surface area contributed by atoms with E-state index in [2.05, 4.69) is 4.98 Å².